The summed E-state index contributed by atoms with van der Waals surface area (Å²) in [6, 6.07) is 6.02. The van der Waals surface area contributed by atoms with Gasteiger partial charge >= 0.3 is 5.97 Å². The summed E-state index contributed by atoms with van der Waals surface area (Å²) in [7, 11) is 0. The summed E-state index contributed by atoms with van der Waals surface area (Å²) in [5.41, 5.74) is 6.05. The van der Waals surface area contributed by atoms with E-state index in [0.29, 0.717) is 17.8 Å². The van der Waals surface area contributed by atoms with Gasteiger partial charge in [0.15, 0.2) is 0 Å². The van der Waals surface area contributed by atoms with Gasteiger partial charge in [-0.25, -0.2) is 19.2 Å². The number of nitrogen functional groups attached to an aromatic ring is 1. The van der Waals surface area contributed by atoms with Gasteiger partial charge in [0.1, 0.15) is 23.0 Å². The fraction of sp³-hybridized carbons (Fsp3) is 0.0833. The zero-order valence-corrected chi connectivity index (χ0v) is 9.30. The van der Waals surface area contributed by atoms with Crippen LogP contribution in [0.25, 0.3) is 0 Å². The minimum Gasteiger partial charge on any atom is -0.477 e. The minimum absolute atomic E-state index is 0.0936. The molecule has 0 spiro atoms. The van der Waals surface area contributed by atoms with E-state index in [1.807, 2.05) is 0 Å². The maximum absolute atomic E-state index is 13.0. The quantitative estimate of drug-likeness (QED) is 0.857. The summed E-state index contributed by atoms with van der Waals surface area (Å²) in [6.45, 7) is 0. The van der Waals surface area contributed by atoms with Crippen LogP contribution >= 0.6 is 0 Å². The molecule has 92 valence electrons. The lowest BCUT2D eigenvalue weighted by molar-refractivity contribution is 0.0697. The topological polar surface area (TPSA) is 89.1 Å². The lowest BCUT2D eigenvalue weighted by Gasteiger charge is -2.03. The Morgan fingerprint density at radius 1 is 1.44 bits per heavy atom. The smallest absolute Gasteiger partial charge is 0.341 e. The normalized spacial score (nSPS) is 10.3. The van der Waals surface area contributed by atoms with Crippen molar-refractivity contribution < 1.29 is 14.3 Å². The molecule has 0 aliphatic rings. The number of rotatable bonds is 3. The average Bonchev–Trinajstić information content (AvgIpc) is 2.28. The number of hydrogen-bond donors (Lipinski definition) is 2. The number of carboxylic acid groups (broad SMARTS) is 1. The van der Waals surface area contributed by atoms with E-state index >= 15 is 0 Å². The first-order valence-electron chi connectivity index (χ1n) is 5.15. The van der Waals surface area contributed by atoms with Crippen LogP contribution < -0.4 is 5.73 Å². The summed E-state index contributed by atoms with van der Waals surface area (Å²) in [5, 5.41) is 8.77. The van der Waals surface area contributed by atoms with Gasteiger partial charge in [-0.2, -0.15) is 0 Å². The van der Waals surface area contributed by atoms with Gasteiger partial charge in [-0.1, -0.05) is 12.1 Å². The first kappa shape index (κ1) is 12.0. The van der Waals surface area contributed by atoms with Gasteiger partial charge in [0.25, 0.3) is 0 Å². The van der Waals surface area contributed by atoms with E-state index in [1.54, 1.807) is 12.1 Å². The van der Waals surface area contributed by atoms with Gasteiger partial charge in [0.05, 0.1) is 0 Å². The van der Waals surface area contributed by atoms with Crippen LogP contribution in [0.5, 0.6) is 0 Å². The summed E-state index contributed by atoms with van der Waals surface area (Å²) in [6.07, 6.45) is 1.45. The summed E-state index contributed by atoms with van der Waals surface area (Å²) in [5.74, 6) is -1.26. The molecule has 0 atom stereocenters. The molecule has 1 heterocycles. The fourth-order valence-corrected chi connectivity index (χ4v) is 1.51. The number of benzene rings is 1. The maximum atomic E-state index is 13.0. The first-order valence-corrected chi connectivity index (χ1v) is 5.15. The molecule has 18 heavy (non-hydrogen) atoms. The van der Waals surface area contributed by atoms with Gasteiger partial charge in [-0.15, -0.1) is 0 Å². The molecular formula is C12H10FN3O2. The standard InChI is InChI=1S/C12H10FN3O2/c13-8-3-1-2-7(4-8)5-10-15-6-9(12(17)18)11(14)16-10/h1-4,6H,5H2,(H,17,18)(H2,14,15,16). The molecule has 0 saturated heterocycles. The van der Waals surface area contributed by atoms with Crippen molar-refractivity contribution >= 4 is 11.8 Å². The Hall–Kier alpha value is -2.50. The molecule has 0 aliphatic carbocycles. The number of carboxylic acids is 1. The largest absolute Gasteiger partial charge is 0.477 e. The summed E-state index contributed by atoms with van der Waals surface area (Å²) in [4.78, 5) is 18.5. The minimum atomic E-state index is -1.18. The molecule has 2 aromatic rings. The number of anilines is 1. The highest BCUT2D eigenvalue weighted by atomic mass is 19.1. The van der Waals surface area contributed by atoms with E-state index in [1.165, 1.54) is 12.1 Å². The van der Waals surface area contributed by atoms with Crippen LogP contribution in [0.4, 0.5) is 10.2 Å². The monoisotopic (exact) mass is 247 g/mol. The number of nitrogens with zero attached hydrogens (tertiary/aromatic N) is 2. The number of aromatic carboxylic acids is 1. The molecule has 0 amide bonds. The van der Waals surface area contributed by atoms with Gasteiger partial charge in [-0.05, 0) is 17.7 Å². The second-order valence-corrected chi connectivity index (χ2v) is 3.70. The van der Waals surface area contributed by atoms with Gasteiger partial charge in [0.2, 0.25) is 0 Å². The van der Waals surface area contributed by atoms with E-state index in [-0.39, 0.29) is 17.2 Å². The Kier molecular flexibility index (Phi) is 3.18. The SMILES string of the molecule is Nc1nc(Cc2cccc(F)c2)ncc1C(=O)O. The highest BCUT2D eigenvalue weighted by Crippen LogP contribution is 2.11. The number of nitrogens with two attached hydrogens (primary N) is 1. The van der Waals surface area contributed by atoms with Crippen LogP contribution in [0, 0.1) is 5.82 Å². The fourth-order valence-electron chi connectivity index (χ4n) is 1.51. The van der Waals surface area contributed by atoms with Crippen LogP contribution in [0.3, 0.4) is 0 Å². The second kappa shape index (κ2) is 4.79. The lowest BCUT2D eigenvalue weighted by Crippen LogP contribution is -2.08. The lowest BCUT2D eigenvalue weighted by atomic mass is 10.1. The van der Waals surface area contributed by atoms with Crippen molar-refractivity contribution in [3.63, 3.8) is 0 Å². The Balaban J connectivity index is 2.25. The third-order valence-corrected chi connectivity index (χ3v) is 2.35. The molecule has 6 heteroatoms. The molecule has 0 radical (unpaired) electrons. The van der Waals surface area contributed by atoms with Crippen molar-refractivity contribution in [1.82, 2.24) is 9.97 Å². The van der Waals surface area contributed by atoms with E-state index in [4.69, 9.17) is 10.8 Å². The number of carbonyl (C=O) groups is 1. The highest BCUT2D eigenvalue weighted by Gasteiger charge is 2.11. The van der Waals surface area contributed by atoms with Gasteiger partial charge in [-0.3, -0.25) is 0 Å². The van der Waals surface area contributed by atoms with E-state index in [0.717, 1.165) is 6.20 Å². The van der Waals surface area contributed by atoms with Gasteiger partial charge < -0.3 is 10.8 Å². The van der Waals surface area contributed by atoms with Crippen molar-refractivity contribution in [2.45, 2.75) is 6.42 Å². The molecule has 1 aromatic carbocycles. The van der Waals surface area contributed by atoms with Crippen molar-refractivity contribution in [2.75, 3.05) is 5.73 Å². The molecule has 0 fully saturated rings. The third kappa shape index (κ3) is 2.60. The molecule has 3 N–H and O–H groups in total. The van der Waals surface area contributed by atoms with Gasteiger partial charge in [0, 0.05) is 12.6 Å². The van der Waals surface area contributed by atoms with Crippen molar-refractivity contribution in [2.24, 2.45) is 0 Å². The third-order valence-electron chi connectivity index (χ3n) is 2.35. The van der Waals surface area contributed by atoms with Crippen LogP contribution in [-0.2, 0) is 6.42 Å². The Labute approximate surface area is 102 Å². The van der Waals surface area contributed by atoms with Crippen LogP contribution in [0.2, 0.25) is 0 Å². The van der Waals surface area contributed by atoms with E-state index in [9.17, 15) is 9.18 Å². The predicted octanol–water partition coefficient (Wildman–Crippen LogP) is 1.49. The second-order valence-electron chi connectivity index (χ2n) is 3.70. The average molecular weight is 247 g/mol. The van der Waals surface area contributed by atoms with Crippen molar-refractivity contribution in [3.05, 3.63) is 53.2 Å². The highest BCUT2D eigenvalue weighted by molar-refractivity contribution is 5.92. The Morgan fingerprint density at radius 3 is 2.83 bits per heavy atom. The molecule has 0 saturated carbocycles. The number of halogens is 1. The summed E-state index contributed by atoms with van der Waals surface area (Å²) < 4.78 is 13.0. The predicted molar refractivity (Wildman–Crippen MR) is 62.6 cm³/mol. The molecule has 1 aromatic heterocycles. The van der Waals surface area contributed by atoms with E-state index < -0.39 is 5.97 Å². The van der Waals surface area contributed by atoms with E-state index in [2.05, 4.69) is 9.97 Å². The molecule has 0 aliphatic heterocycles. The molecule has 0 bridgehead atoms. The zero-order valence-electron chi connectivity index (χ0n) is 9.30. The molecule has 5 nitrogen and oxygen atoms in total. The zero-order chi connectivity index (χ0) is 13.1. The van der Waals surface area contributed by atoms with Crippen molar-refractivity contribution in [1.29, 1.82) is 0 Å². The number of hydrogen-bond acceptors (Lipinski definition) is 4. The maximum Gasteiger partial charge on any atom is 0.341 e. The van der Waals surface area contributed by atoms with Crippen molar-refractivity contribution in [3.8, 4) is 0 Å². The molecule has 0 unspecified atom stereocenters. The molecule has 2 rings (SSSR count). The molecular weight excluding hydrogens is 237 g/mol. The van der Waals surface area contributed by atoms with Crippen LogP contribution in [0.1, 0.15) is 21.7 Å². The van der Waals surface area contributed by atoms with Crippen LogP contribution in [0.15, 0.2) is 30.5 Å². The number of aromatic nitrogens is 2. The Bertz CT molecular complexity index is 602. The van der Waals surface area contributed by atoms with Crippen LogP contribution in [-0.4, -0.2) is 21.0 Å². The Morgan fingerprint density at radius 2 is 2.22 bits per heavy atom. The summed E-state index contributed by atoms with van der Waals surface area (Å²) >= 11 is 0. The first-order chi connectivity index (χ1) is 8.56.